The summed E-state index contributed by atoms with van der Waals surface area (Å²) in [5.41, 5.74) is -2.03. The van der Waals surface area contributed by atoms with E-state index in [2.05, 4.69) is 10.1 Å². The van der Waals surface area contributed by atoms with Crippen LogP contribution in [0.4, 0.5) is 13.2 Å². The number of nitrogens with one attached hydrogen (secondary N) is 1. The van der Waals surface area contributed by atoms with E-state index >= 15 is 0 Å². The maximum absolute atomic E-state index is 13.3. The van der Waals surface area contributed by atoms with Crippen molar-refractivity contribution in [3.63, 3.8) is 0 Å². The molecule has 144 valence electrons. The van der Waals surface area contributed by atoms with Gasteiger partial charge in [-0.05, 0) is 37.5 Å². The number of halogens is 3. The second-order valence-corrected chi connectivity index (χ2v) is 8.42. The summed E-state index contributed by atoms with van der Waals surface area (Å²) in [5, 5.41) is 3.33. The molecular weight excluding hydrogens is 373 g/mol. The van der Waals surface area contributed by atoms with Crippen molar-refractivity contribution in [2.75, 3.05) is 20.2 Å². The lowest BCUT2D eigenvalue weighted by Crippen LogP contribution is -2.39. The largest absolute Gasteiger partial charge is 0.465 e. The van der Waals surface area contributed by atoms with E-state index in [0.717, 1.165) is 32.1 Å². The zero-order valence-electron chi connectivity index (χ0n) is 14.0. The lowest BCUT2D eigenvalue weighted by Gasteiger charge is -2.24. The van der Waals surface area contributed by atoms with Crippen LogP contribution in [0.1, 0.15) is 35.2 Å². The summed E-state index contributed by atoms with van der Waals surface area (Å²) < 4.78 is 71.2. The highest BCUT2D eigenvalue weighted by Gasteiger charge is 2.39. The van der Waals surface area contributed by atoms with E-state index in [1.807, 2.05) is 0 Å². The smallest absolute Gasteiger partial charge is 0.417 e. The van der Waals surface area contributed by atoms with E-state index in [9.17, 15) is 26.4 Å². The molecule has 0 radical (unpaired) electrons. The van der Waals surface area contributed by atoms with Crippen LogP contribution in [0.3, 0.4) is 0 Å². The van der Waals surface area contributed by atoms with Crippen LogP contribution in [0.2, 0.25) is 0 Å². The fourth-order valence-corrected chi connectivity index (χ4v) is 5.01. The average Bonchev–Trinajstić information content (AvgIpc) is 2.91. The van der Waals surface area contributed by atoms with E-state index in [1.54, 1.807) is 0 Å². The van der Waals surface area contributed by atoms with Crippen molar-refractivity contribution in [1.29, 1.82) is 0 Å². The van der Waals surface area contributed by atoms with Gasteiger partial charge in [0, 0.05) is 25.2 Å². The second-order valence-electron chi connectivity index (χ2n) is 6.49. The quantitative estimate of drug-likeness (QED) is 0.797. The van der Waals surface area contributed by atoms with Gasteiger partial charge in [-0.3, -0.25) is 0 Å². The van der Waals surface area contributed by atoms with Crippen molar-refractivity contribution in [2.24, 2.45) is 0 Å². The summed E-state index contributed by atoms with van der Waals surface area (Å²) in [6, 6.07) is 2.64. The molecule has 2 aliphatic rings. The molecule has 2 aliphatic heterocycles. The van der Waals surface area contributed by atoms with Crippen LogP contribution in [0, 0.1) is 0 Å². The van der Waals surface area contributed by atoms with Gasteiger partial charge in [-0.15, -0.1) is 0 Å². The predicted molar refractivity (Wildman–Crippen MR) is 86.1 cm³/mol. The van der Waals surface area contributed by atoms with Gasteiger partial charge in [-0.2, -0.15) is 17.5 Å². The fourth-order valence-electron chi connectivity index (χ4n) is 3.48. The second kappa shape index (κ2) is 6.82. The van der Waals surface area contributed by atoms with Crippen molar-refractivity contribution < 1.29 is 31.1 Å². The molecule has 0 amide bonds. The first-order valence-electron chi connectivity index (χ1n) is 8.18. The minimum Gasteiger partial charge on any atom is -0.465 e. The summed E-state index contributed by atoms with van der Waals surface area (Å²) in [7, 11) is -3.13. The molecule has 1 N–H and O–H groups in total. The summed E-state index contributed by atoms with van der Waals surface area (Å²) in [5.74, 6) is -1.17. The van der Waals surface area contributed by atoms with Crippen LogP contribution >= 0.6 is 0 Å². The molecule has 1 aromatic rings. The molecule has 0 aromatic heterocycles. The molecule has 2 unspecified atom stereocenters. The molecule has 2 fully saturated rings. The summed E-state index contributed by atoms with van der Waals surface area (Å²) in [6.45, 7) is 0.468. The molecule has 1 aromatic carbocycles. The van der Waals surface area contributed by atoms with Gasteiger partial charge in [0.05, 0.1) is 23.1 Å². The third-order valence-corrected chi connectivity index (χ3v) is 6.69. The van der Waals surface area contributed by atoms with Gasteiger partial charge in [0.2, 0.25) is 10.0 Å². The summed E-state index contributed by atoms with van der Waals surface area (Å²) >= 11 is 0. The van der Waals surface area contributed by atoms with Crippen LogP contribution in [0.5, 0.6) is 0 Å². The monoisotopic (exact) mass is 392 g/mol. The number of carbonyl (C=O) groups excluding carboxylic acids is 1. The molecule has 0 spiro atoms. The molecule has 6 nitrogen and oxygen atoms in total. The standard InChI is InChI=1S/C16H19F3N2O4S/c1-25-15(22)13-5-4-12(8-14(13)16(17,18)19)26(23,24)21-7-6-10-2-3-11(9-21)20-10/h4-5,8,10-11,20H,2-3,6-7,9H2,1H3. The van der Waals surface area contributed by atoms with Gasteiger partial charge < -0.3 is 10.1 Å². The molecule has 2 atom stereocenters. The SMILES string of the molecule is COC(=O)c1ccc(S(=O)(=O)N2CCC3CCC(C2)N3)cc1C(F)(F)F. The lowest BCUT2D eigenvalue weighted by molar-refractivity contribution is -0.138. The van der Waals surface area contributed by atoms with Crippen molar-refractivity contribution in [3.8, 4) is 0 Å². The number of hydrogen-bond donors (Lipinski definition) is 1. The van der Waals surface area contributed by atoms with Crippen LogP contribution in [0.25, 0.3) is 0 Å². The number of nitrogens with zero attached hydrogens (tertiary/aromatic N) is 1. The predicted octanol–water partition coefficient (Wildman–Crippen LogP) is 2.01. The number of sulfonamides is 1. The lowest BCUT2D eigenvalue weighted by atomic mass is 10.1. The molecule has 2 bridgehead atoms. The number of hydrogen-bond acceptors (Lipinski definition) is 5. The number of methoxy groups -OCH3 is 1. The third kappa shape index (κ3) is 3.58. The Kier molecular flexibility index (Phi) is 5.02. The molecule has 2 saturated heterocycles. The molecule has 3 rings (SSSR count). The fraction of sp³-hybridized carbons (Fsp3) is 0.562. The molecule has 10 heteroatoms. The van der Waals surface area contributed by atoms with Crippen LogP contribution in [-0.2, 0) is 20.9 Å². The molecular formula is C16H19F3N2O4S. The Bertz CT molecular complexity index is 810. The topological polar surface area (TPSA) is 75.7 Å². The Balaban J connectivity index is 1.98. The minimum absolute atomic E-state index is 0.00806. The summed E-state index contributed by atoms with van der Waals surface area (Å²) in [4.78, 5) is 11.1. The highest BCUT2D eigenvalue weighted by molar-refractivity contribution is 7.89. The van der Waals surface area contributed by atoms with Gasteiger partial charge in [-0.25, -0.2) is 13.2 Å². The van der Waals surface area contributed by atoms with Gasteiger partial charge in [0.25, 0.3) is 0 Å². The Morgan fingerprint density at radius 1 is 1.23 bits per heavy atom. The normalized spacial score (nSPS) is 24.3. The summed E-state index contributed by atoms with van der Waals surface area (Å²) in [6.07, 6.45) is -2.45. The van der Waals surface area contributed by atoms with Crippen LogP contribution in [0.15, 0.2) is 23.1 Å². The van der Waals surface area contributed by atoms with Gasteiger partial charge in [0.1, 0.15) is 0 Å². The number of benzene rings is 1. The molecule has 26 heavy (non-hydrogen) atoms. The van der Waals surface area contributed by atoms with E-state index < -0.39 is 38.2 Å². The van der Waals surface area contributed by atoms with Crippen LogP contribution in [-0.4, -0.2) is 51.0 Å². The van der Waals surface area contributed by atoms with Gasteiger partial charge in [-0.1, -0.05) is 0 Å². The Labute approximate surface area is 149 Å². The number of alkyl halides is 3. The van der Waals surface area contributed by atoms with Crippen molar-refractivity contribution >= 4 is 16.0 Å². The Morgan fingerprint density at radius 3 is 2.58 bits per heavy atom. The van der Waals surface area contributed by atoms with Crippen molar-refractivity contribution in [1.82, 2.24) is 9.62 Å². The van der Waals surface area contributed by atoms with E-state index in [-0.39, 0.29) is 25.2 Å². The van der Waals surface area contributed by atoms with Crippen LogP contribution < -0.4 is 5.32 Å². The number of rotatable bonds is 3. The Morgan fingerprint density at radius 2 is 1.92 bits per heavy atom. The average molecular weight is 392 g/mol. The van der Waals surface area contributed by atoms with Gasteiger partial charge in [0.15, 0.2) is 0 Å². The van der Waals surface area contributed by atoms with E-state index in [1.165, 1.54) is 4.31 Å². The molecule has 0 saturated carbocycles. The number of ether oxygens (including phenoxy) is 1. The third-order valence-electron chi connectivity index (χ3n) is 4.83. The molecule has 0 aliphatic carbocycles. The highest BCUT2D eigenvalue weighted by atomic mass is 32.2. The first-order chi connectivity index (χ1) is 12.1. The minimum atomic E-state index is -4.88. The zero-order valence-corrected chi connectivity index (χ0v) is 14.9. The van der Waals surface area contributed by atoms with E-state index in [4.69, 9.17) is 0 Å². The molecule has 2 heterocycles. The maximum atomic E-state index is 13.3. The number of esters is 1. The number of carbonyl (C=O) groups is 1. The van der Waals surface area contributed by atoms with Crippen molar-refractivity contribution in [3.05, 3.63) is 29.3 Å². The first-order valence-corrected chi connectivity index (χ1v) is 9.62. The number of fused-ring (bicyclic) bond motifs is 2. The highest BCUT2D eigenvalue weighted by Crippen LogP contribution is 2.35. The van der Waals surface area contributed by atoms with E-state index in [0.29, 0.717) is 12.5 Å². The van der Waals surface area contributed by atoms with Crippen molar-refractivity contribution in [2.45, 2.75) is 42.4 Å². The zero-order chi connectivity index (χ0) is 19.1. The Hall–Kier alpha value is -1.65. The maximum Gasteiger partial charge on any atom is 0.417 e. The first kappa shape index (κ1) is 19.1. The van der Waals surface area contributed by atoms with Gasteiger partial charge >= 0.3 is 12.1 Å².